The summed E-state index contributed by atoms with van der Waals surface area (Å²) in [4.78, 5) is 27.9. The Morgan fingerprint density at radius 1 is 1.21 bits per heavy atom. The molecule has 1 fully saturated rings. The molecule has 0 bridgehead atoms. The van der Waals surface area contributed by atoms with Gasteiger partial charge in [0.05, 0.1) is 18.1 Å². The summed E-state index contributed by atoms with van der Waals surface area (Å²) in [7, 11) is 1.83. The van der Waals surface area contributed by atoms with Crippen molar-refractivity contribution < 1.29 is 9.59 Å². The van der Waals surface area contributed by atoms with Crippen molar-refractivity contribution in [1.82, 2.24) is 16.0 Å². The summed E-state index contributed by atoms with van der Waals surface area (Å²) in [5.74, 6) is 0.397. The second kappa shape index (κ2) is 15.8. The van der Waals surface area contributed by atoms with E-state index in [1.54, 1.807) is 0 Å². The van der Waals surface area contributed by atoms with E-state index < -0.39 is 0 Å². The van der Waals surface area contributed by atoms with E-state index in [1.807, 2.05) is 27.8 Å². The topological polar surface area (TPSA) is 135 Å². The van der Waals surface area contributed by atoms with Gasteiger partial charge in [0.25, 0.3) is 0 Å². The van der Waals surface area contributed by atoms with Crippen LogP contribution in [0.4, 0.5) is 0 Å². The smallest absolute Gasteiger partial charge is 0.237 e. The highest BCUT2D eigenvalue weighted by atomic mass is 16.2. The van der Waals surface area contributed by atoms with E-state index in [0.717, 1.165) is 19.1 Å². The van der Waals surface area contributed by atoms with Crippen LogP contribution >= 0.6 is 0 Å². The number of rotatable bonds is 12. The Balaban J connectivity index is 0.00000379. The van der Waals surface area contributed by atoms with E-state index >= 15 is 0 Å². The lowest BCUT2D eigenvalue weighted by Crippen LogP contribution is -2.51. The molecule has 0 aromatic carbocycles. The second-order valence-corrected chi connectivity index (χ2v) is 7.26. The number of nitrogens with one attached hydrogen (secondary N) is 3. The standard InChI is InChI=1S/C19H36N6O2.C2H6/c1-13(24-16(12-26)10-7-11-23-19(20)21)14(2)25-18(27)17(22-3)15-8-5-4-6-9-15;1-2/h12,14-17,22,24H,1,4-11H2,2-3H3,(H,25,27)(H4,20,21,23);1-2H3/t14?,16?,17-;/m1./s1. The maximum atomic E-state index is 12.7. The molecular formula is C21H42N6O2. The molecule has 29 heavy (non-hydrogen) atoms. The molecule has 0 aromatic heterocycles. The lowest BCUT2D eigenvalue weighted by atomic mass is 9.83. The molecule has 0 heterocycles. The lowest BCUT2D eigenvalue weighted by molar-refractivity contribution is -0.125. The first-order chi connectivity index (χ1) is 13.9. The molecule has 0 aliphatic heterocycles. The number of nitrogens with two attached hydrogens (primary N) is 2. The molecule has 0 radical (unpaired) electrons. The van der Waals surface area contributed by atoms with Crippen LogP contribution in [-0.2, 0) is 9.59 Å². The maximum absolute atomic E-state index is 12.7. The number of carbonyl (C=O) groups excluding carboxylic acids is 2. The Morgan fingerprint density at radius 2 is 1.83 bits per heavy atom. The van der Waals surface area contributed by atoms with Gasteiger partial charge in [-0.1, -0.05) is 39.7 Å². The zero-order valence-electron chi connectivity index (χ0n) is 18.7. The molecule has 7 N–H and O–H groups in total. The van der Waals surface area contributed by atoms with E-state index in [9.17, 15) is 9.59 Å². The first-order valence-corrected chi connectivity index (χ1v) is 10.8. The van der Waals surface area contributed by atoms with E-state index in [1.165, 1.54) is 19.3 Å². The van der Waals surface area contributed by atoms with Gasteiger partial charge in [0.2, 0.25) is 5.91 Å². The molecule has 0 aromatic rings. The van der Waals surface area contributed by atoms with E-state index in [-0.39, 0.29) is 30.0 Å². The van der Waals surface area contributed by atoms with Gasteiger partial charge in [-0.15, -0.1) is 0 Å². The van der Waals surface area contributed by atoms with Gasteiger partial charge in [0.15, 0.2) is 5.96 Å². The van der Waals surface area contributed by atoms with Crippen LogP contribution in [0.3, 0.4) is 0 Å². The number of aliphatic imine (C=N–C) groups is 1. The third-order valence-corrected chi connectivity index (χ3v) is 5.10. The Hall–Kier alpha value is -2.09. The van der Waals surface area contributed by atoms with Gasteiger partial charge in [-0.2, -0.15) is 0 Å². The van der Waals surface area contributed by atoms with Gasteiger partial charge in [-0.3, -0.25) is 9.79 Å². The van der Waals surface area contributed by atoms with Crippen molar-refractivity contribution in [1.29, 1.82) is 0 Å². The van der Waals surface area contributed by atoms with Gasteiger partial charge in [-0.25, -0.2) is 0 Å². The van der Waals surface area contributed by atoms with Crippen molar-refractivity contribution in [2.24, 2.45) is 22.4 Å². The maximum Gasteiger partial charge on any atom is 0.237 e. The SMILES string of the molecule is C=C(NC(C=O)CCCN=C(N)N)C(C)NC(=O)[C@H](NC)C1CCCCC1.CC. The highest BCUT2D eigenvalue weighted by Crippen LogP contribution is 2.26. The minimum Gasteiger partial charge on any atom is -0.378 e. The summed E-state index contributed by atoms with van der Waals surface area (Å²) in [6, 6.07) is -0.858. The van der Waals surface area contributed by atoms with Crippen LogP contribution in [0.5, 0.6) is 0 Å². The number of aldehydes is 1. The molecule has 8 nitrogen and oxygen atoms in total. The summed E-state index contributed by atoms with van der Waals surface area (Å²) < 4.78 is 0. The number of amides is 1. The zero-order valence-corrected chi connectivity index (χ0v) is 18.7. The fraction of sp³-hybridized carbons (Fsp3) is 0.762. The van der Waals surface area contributed by atoms with Gasteiger partial charge in [-0.05, 0) is 45.6 Å². The minimum absolute atomic E-state index is 0.0183. The predicted molar refractivity (Wildman–Crippen MR) is 120 cm³/mol. The fourth-order valence-corrected chi connectivity index (χ4v) is 3.50. The first-order valence-electron chi connectivity index (χ1n) is 10.8. The van der Waals surface area contributed by atoms with Crippen LogP contribution in [0.25, 0.3) is 0 Å². The van der Waals surface area contributed by atoms with Crippen molar-refractivity contribution in [3.63, 3.8) is 0 Å². The van der Waals surface area contributed by atoms with Crippen molar-refractivity contribution in [3.05, 3.63) is 12.3 Å². The highest BCUT2D eigenvalue weighted by molar-refractivity contribution is 5.82. The number of hydrogen-bond acceptors (Lipinski definition) is 5. The third-order valence-electron chi connectivity index (χ3n) is 5.10. The largest absolute Gasteiger partial charge is 0.378 e. The number of likely N-dealkylation sites (N-methyl/N-ethyl adjacent to an activating group) is 1. The van der Waals surface area contributed by atoms with E-state index in [0.29, 0.717) is 31.0 Å². The van der Waals surface area contributed by atoms with Crippen LogP contribution in [0.2, 0.25) is 0 Å². The number of hydrogen-bond donors (Lipinski definition) is 5. The molecule has 168 valence electrons. The van der Waals surface area contributed by atoms with Crippen LogP contribution in [0, 0.1) is 5.92 Å². The molecule has 3 atom stereocenters. The molecule has 2 unspecified atom stereocenters. The molecule has 1 amide bonds. The van der Waals surface area contributed by atoms with Crippen molar-refractivity contribution in [3.8, 4) is 0 Å². The first kappa shape index (κ1) is 26.9. The van der Waals surface area contributed by atoms with Gasteiger partial charge >= 0.3 is 0 Å². The second-order valence-electron chi connectivity index (χ2n) is 7.26. The van der Waals surface area contributed by atoms with Crippen LogP contribution in [-0.4, -0.2) is 49.9 Å². The lowest BCUT2D eigenvalue weighted by Gasteiger charge is -2.30. The van der Waals surface area contributed by atoms with E-state index in [4.69, 9.17) is 11.5 Å². The fourth-order valence-electron chi connectivity index (χ4n) is 3.50. The molecular weight excluding hydrogens is 368 g/mol. The quantitative estimate of drug-likeness (QED) is 0.143. The van der Waals surface area contributed by atoms with Gasteiger partial charge in [0, 0.05) is 12.2 Å². The summed E-state index contributed by atoms with van der Waals surface area (Å²) in [5.41, 5.74) is 11.2. The van der Waals surface area contributed by atoms with Crippen molar-refractivity contribution in [2.45, 2.75) is 83.8 Å². The molecule has 1 aliphatic carbocycles. The van der Waals surface area contributed by atoms with Crippen molar-refractivity contribution >= 4 is 18.2 Å². The predicted octanol–water partition coefficient (Wildman–Crippen LogP) is 1.41. The normalized spacial score (nSPS) is 17.0. The Morgan fingerprint density at radius 3 is 2.34 bits per heavy atom. The van der Waals surface area contributed by atoms with Gasteiger partial charge < -0.3 is 32.2 Å². The summed E-state index contributed by atoms with van der Waals surface area (Å²) in [5, 5.41) is 9.25. The third kappa shape index (κ3) is 10.9. The molecule has 1 aliphatic rings. The average Bonchev–Trinajstić information content (AvgIpc) is 2.72. The highest BCUT2D eigenvalue weighted by Gasteiger charge is 2.29. The molecule has 8 heteroatoms. The summed E-state index contributed by atoms with van der Waals surface area (Å²) in [6.07, 6.45) is 7.87. The van der Waals surface area contributed by atoms with Gasteiger partial charge in [0.1, 0.15) is 6.29 Å². The molecule has 1 saturated carbocycles. The van der Waals surface area contributed by atoms with E-state index in [2.05, 4.69) is 27.5 Å². The van der Waals surface area contributed by atoms with Crippen LogP contribution < -0.4 is 27.4 Å². The minimum atomic E-state index is -0.385. The Labute approximate surface area is 176 Å². The summed E-state index contributed by atoms with van der Waals surface area (Å²) >= 11 is 0. The molecule has 1 rings (SSSR count). The number of nitrogens with zero attached hydrogens (tertiary/aromatic N) is 1. The average molecular weight is 411 g/mol. The Kier molecular flexibility index (Phi) is 14.7. The number of guanidine groups is 1. The Bertz CT molecular complexity index is 513. The zero-order chi connectivity index (χ0) is 22.2. The number of carbonyl (C=O) groups is 2. The summed E-state index contributed by atoms with van der Waals surface area (Å²) in [6.45, 7) is 10.3. The van der Waals surface area contributed by atoms with Crippen LogP contribution in [0.15, 0.2) is 17.3 Å². The van der Waals surface area contributed by atoms with Crippen molar-refractivity contribution in [2.75, 3.05) is 13.6 Å². The molecule has 0 spiro atoms. The monoisotopic (exact) mass is 410 g/mol. The molecule has 0 saturated heterocycles. The van der Waals surface area contributed by atoms with Crippen LogP contribution in [0.1, 0.15) is 65.7 Å².